The number of hydrogen-bond donors (Lipinski definition) is 1. The van der Waals surface area contributed by atoms with Crippen LogP contribution in [-0.2, 0) is 0 Å². The molecular weight excluding hydrogens is 186 g/mol. The van der Waals surface area contributed by atoms with Crippen LogP contribution in [0.5, 0.6) is 0 Å². The van der Waals surface area contributed by atoms with Crippen molar-refractivity contribution in [3.05, 3.63) is 23.2 Å². The number of nitrogens with one attached hydrogen (secondary N) is 1. The van der Waals surface area contributed by atoms with Crippen molar-refractivity contribution < 1.29 is 0 Å². The van der Waals surface area contributed by atoms with Gasteiger partial charge in [0.15, 0.2) is 0 Å². The zero-order valence-corrected chi connectivity index (χ0v) is 7.32. The minimum atomic E-state index is 0.801. The highest BCUT2D eigenvalue weighted by atomic mass is 35.5. The van der Waals surface area contributed by atoms with Crippen LogP contribution in [0.2, 0.25) is 5.02 Å². The summed E-state index contributed by atoms with van der Waals surface area (Å²) in [4.78, 5) is 2.48. The van der Waals surface area contributed by atoms with Crippen LogP contribution in [0.3, 0.4) is 0 Å². The summed E-state index contributed by atoms with van der Waals surface area (Å²) in [6.07, 6.45) is 0. The molecule has 10 heavy (non-hydrogen) atoms. The molecule has 0 amide bonds. The van der Waals surface area contributed by atoms with E-state index in [0.717, 1.165) is 5.02 Å². The van der Waals surface area contributed by atoms with Crippen molar-refractivity contribution in [1.29, 1.82) is 0 Å². The van der Waals surface area contributed by atoms with E-state index in [-0.39, 0.29) is 0 Å². The predicted molar refractivity (Wildman–Crippen MR) is 46.3 cm³/mol. The SMILES string of the molecule is Clc1ccc2c(c1)SNS2. The van der Waals surface area contributed by atoms with Crippen molar-refractivity contribution in [2.24, 2.45) is 0 Å². The normalized spacial score (nSPS) is 15.3. The lowest BCUT2D eigenvalue weighted by Crippen LogP contribution is -1.73. The lowest BCUT2D eigenvalue weighted by atomic mass is 10.4. The smallest absolute Gasteiger partial charge is 0.0418 e. The molecule has 0 saturated carbocycles. The summed E-state index contributed by atoms with van der Waals surface area (Å²) in [7, 11) is 0. The quantitative estimate of drug-likeness (QED) is 0.631. The van der Waals surface area contributed by atoms with Gasteiger partial charge in [-0.05, 0) is 42.1 Å². The summed E-state index contributed by atoms with van der Waals surface area (Å²) in [5.74, 6) is 0. The van der Waals surface area contributed by atoms with Gasteiger partial charge >= 0.3 is 0 Å². The van der Waals surface area contributed by atoms with Crippen LogP contribution in [0, 0.1) is 0 Å². The van der Waals surface area contributed by atoms with Crippen LogP contribution in [0.1, 0.15) is 0 Å². The third-order valence-electron chi connectivity index (χ3n) is 1.21. The number of fused-ring (bicyclic) bond motifs is 1. The van der Waals surface area contributed by atoms with Crippen LogP contribution >= 0.6 is 35.5 Å². The topological polar surface area (TPSA) is 12.0 Å². The number of rotatable bonds is 0. The Morgan fingerprint density at radius 3 is 2.90 bits per heavy atom. The lowest BCUT2D eigenvalue weighted by molar-refractivity contribution is 1.27. The molecule has 1 N–H and O–H groups in total. The molecule has 1 aliphatic rings. The van der Waals surface area contributed by atoms with Gasteiger partial charge in [0.2, 0.25) is 0 Å². The van der Waals surface area contributed by atoms with E-state index in [1.165, 1.54) is 9.79 Å². The van der Waals surface area contributed by atoms with Crippen molar-refractivity contribution in [1.82, 2.24) is 4.13 Å². The van der Waals surface area contributed by atoms with E-state index in [9.17, 15) is 0 Å². The molecule has 0 radical (unpaired) electrons. The van der Waals surface area contributed by atoms with Gasteiger partial charge in [-0.1, -0.05) is 11.6 Å². The predicted octanol–water partition coefficient (Wildman–Crippen LogP) is 2.96. The van der Waals surface area contributed by atoms with Crippen molar-refractivity contribution in [3.8, 4) is 0 Å². The Balaban J connectivity index is 2.52. The van der Waals surface area contributed by atoms with Gasteiger partial charge in [-0.15, -0.1) is 0 Å². The molecule has 4 heteroatoms. The van der Waals surface area contributed by atoms with Gasteiger partial charge in [-0.2, -0.15) is 4.13 Å². The fourth-order valence-electron chi connectivity index (χ4n) is 0.757. The van der Waals surface area contributed by atoms with E-state index >= 15 is 0 Å². The number of benzene rings is 1. The summed E-state index contributed by atoms with van der Waals surface area (Å²) in [6, 6.07) is 5.89. The zero-order valence-electron chi connectivity index (χ0n) is 4.93. The van der Waals surface area contributed by atoms with Crippen LogP contribution in [-0.4, -0.2) is 0 Å². The molecule has 1 aliphatic heterocycles. The second-order valence-corrected chi connectivity index (χ2v) is 4.27. The Morgan fingerprint density at radius 1 is 1.20 bits per heavy atom. The van der Waals surface area contributed by atoms with Crippen molar-refractivity contribution >= 4 is 35.5 Å². The monoisotopic (exact) mass is 189 g/mol. The molecule has 0 bridgehead atoms. The van der Waals surface area contributed by atoms with E-state index in [0.29, 0.717) is 0 Å². The maximum atomic E-state index is 5.77. The van der Waals surface area contributed by atoms with Gasteiger partial charge in [-0.3, -0.25) is 0 Å². The summed E-state index contributed by atoms with van der Waals surface area (Å²) in [5, 5.41) is 0.801. The van der Waals surface area contributed by atoms with Crippen LogP contribution in [0.4, 0.5) is 0 Å². The summed E-state index contributed by atoms with van der Waals surface area (Å²) < 4.78 is 3.09. The van der Waals surface area contributed by atoms with Gasteiger partial charge in [0, 0.05) is 14.8 Å². The fourth-order valence-corrected chi connectivity index (χ4v) is 2.78. The molecule has 1 aromatic rings. The first kappa shape index (κ1) is 6.85. The Morgan fingerprint density at radius 2 is 2.00 bits per heavy atom. The second kappa shape index (κ2) is 2.66. The maximum Gasteiger partial charge on any atom is 0.0418 e. The molecule has 1 nitrogen and oxygen atoms in total. The second-order valence-electron chi connectivity index (χ2n) is 1.88. The number of halogens is 1. The minimum absolute atomic E-state index is 0.801. The minimum Gasteiger partial charge on any atom is -0.199 e. The Labute approximate surface area is 72.8 Å². The van der Waals surface area contributed by atoms with Crippen LogP contribution in [0.25, 0.3) is 0 Å². The molecule has 52 valence electrons. The Kier molecular flexibility index (Phi) is 1.82. The molecule has 0 aliphatic carbocycles. The fraction of sp³-hybridized carbons (Fsp3) is 0. The third kappa shape index (κ3) is 1.14. The largest absolute Gasteiger partial charge is 0.199 e. The van der Waals surface area contributed by atoms with E-state index in [4.69, 9.17) is 11.6 Å². The highest BCUT2D eigenvalue weighted by Gasteiger charge is 2.10. The molecule has 0 unspecified atom stereocenters. The first-order valence-corrected chi connectivity index (χ1v) is 4.75. The molecule has 0 atom stereocenters. The Bertz CT molecular complexity index is 264. The lowest BCUT2D eigenvalue weighted by Gasteiger charge is -1.93. The standard InChI is InChI=1S/C6H4ClNS2/c7-4-1-2-5-6(3-4)10-8-9-5/h1-3,8H. The van der Waals surface area contributed by atoms with E-state index in [1.54, 1.807) is 23.9 Å². The van der Waals surface area contributed by atoms with Gasteiger partial charge in [0.25, 0.3) is 0 Å². The maximum absolute atomic E-state index is 5.77. The van der Waals surface area contributed by atoms with Crippen molar-refractivity contribution in [2.75, 3.05) is 0 Å². The molecule has 0 aromatic heterocycles. The first-order valence-electron chi connectivity index (χ1n) is 2.74. The molecule has 1 heterocycles. The van der Waals surface area contributed by atoms with E-state index in [2.05, 4.69) is 4.13 Å². The number of hydrogen-bond acceptors (Lipinski definition) is 3. The third-order valence-corrected chi connectivity index (χ3v) is 3.37. The zero-order chi connectivity index (χ0) is 6.97. The van der Waals surface area contributed by atoms with Crippen LogP contribution in [0.15, 0.2) is 28.0 Å². The van der Waals surface area contributed by atoms with Gasteiger partial charge < -0.3 is 0 Å². The first-order chi connectivity index (χ1) is 4.86. The summed E-state index contributed by atoms with van der Waals surface area (Å²) in [5.41, 5.74) is 0. The van der Waals surface area contributed by atoms with E-state index in [1.807, 2.05) is 18.2 Å². The van der Waals surface area contributed by atoms with Gasteiger partial charge in [-0.25, -0.2) is 0 Å². The van der Waals surface area contributed by atoms with E-state index < -0.39 is 0 Å². The van der Waals surface area contributed by atoms with Crippen molar-refractivity contribution in [2.45, 2.75) is 9.79 Å². The average Bonchev–Trinajstić information content (AvgIpc) is 2.33. The molecule has 2 rings (SSSR count). The average molecular weight is 190 g/mol. The van der Waals surface area contributed by atoms with Gasteiger partial charge in [0.05, 0.1) is 0 Å². The molecular formula is C6H4ClNS2. The summed E-state index contributed by atoms with van der Waals surface area (Å²) >= 11 is 9.01. The molecule has 0 spiro atoms. The van der Waals surface area contributed by atoms with Gasteiger partial charge in [0.1, 0.15) is 0 Å². The van der Waals surface area contributed by atoms with Crippen LogP contribution < -0.4 is 4.13 Å². The highest BCUT2D eigenvalue weighted by Crippen LogP contribution is 2.37. The Hall–Kier alpha value is 0.170. The van der Waals surface area contributed by atoms with Crippen molar-refractivity contribution in [3.63, 3.8) is 0 Å². The molecule has 0 fully saturated rings. The highest BCUT2D eigenvalue weighted by molar-refractivity contribution is 8.15. The molecule has 1 aromatic carbocycles. The summed E-state index contributed by atoms with van der Waals surface area (Å²) in [6.45, 7) is 0. The molecule has 0 saturated heterocycles.